The van der Waals surface area contributed by atoms with E-state index in [-0.39, 0.29) is 17.1 Å². The SMILES string of the molecule is CNCC1(Cc2c(F)ccc(Br)c2F)CCOC1C. The fraction of sp³-hybridized carbons (Fsp3) is 0.571. The Morgan fingerprint density at radius 1 is 1.47 bits per heavy atom. The summed E-state index contributed by atoms with van der Waals surface area (Å²) >= 11 is 3.11. The van der Waals surface area contributed by atoms with Crippen LogP contribution in [-0.4, -0.2) is 26.3 Å². The van der Waals surface area contributed by atoms with Gasteiger partial charge in [0.15, 0.2) is 0 Å². The molecular formula is C14H18BrF2NO. The highest BCUT2D eigenvalue weighted by atomic mass is 79.9. The molecule has 0 radical (unpaired) electrons. The van der Waals surface area contributed by atoms with E-state index in [4.69, 9.17) is 4.74 Å². The third-order valence-corrected chi connectivity index (χ3v) is 4.64. The van der Waals surface area contributed by atoms with E-state index < -0.39 is 11.6 Å². The Labute approximate surface area is 120 Å². The number of hydrogen-bond donors (Lipinski definition) is 1. The van der Waals surface area contributed by atoms with Crippen molar-refractivity contribution < 1.29 is 13.5 Å². The molecule has 2 unspecified atom stereocenters. The van der Waals surface area contributed by atoms with Gasteiger partial charge in [0.2, 0.25) is 0 Å². The molecule has 0 spiro atoms. The number of benzene rings is 1. The molecular weight excluding hydrogens is 316 g/mol. The summed E-state index contributed by atoms with van der Waals surface area (Å²) in [5, 5.41) is 3.12. The van der Waals surface area contributed by atoms with E-state index in [1.807, 2.05) is 14.0 Å². The Morgan fingerprint density at radius 3 is 2.79 bits per heavy atom. The van der Waals surface area contributed by atoms with Gasteiger partial charge in [0.25, 0.3) is 0 Å². The summed E-state index contributed by atoms with van der Waals surface area (Å²) < 4.78 is 33.9. The van der Waals surface area contributed by atoms with E-state index in [2.05, 4.69) is 21.2 Å². The van der Waals surface area contributed by atoms with Crippen LogP contribution in [-0.2, 0) is 11.2 Å². The van der Waals surface area contributed by atoms with E-state index in [1.54, 1.807) is 0 Å². The second-order valence-electron chi connectivity index (χ2n) is 5.15. The maximum absolute atomic E-state index is 14.1. The maximum Gasteiger partial charge on any atom is 0.143 e. The van der Waals surface area contributed by atoms with Crippen LogP contribution in [0.2, 0.25) is 0 Å². The smallest absolute Gasteiger partial charge is 0.143 e. The van der Waals surface area contributed by atoms with Crippen LogP contribution in [0.25, 0.3) is 0 Å². The van der Waals surface area contributed by atoms with Gasteiger partial charge in [-0.1, -0.05) is 0 Å². The summed E-state index contributed by atoms with van der Waals surface area (Å²) in [5.41, 5.74) is -0.112. The van der Waals surface area contributed by atoms with Gasteiger partial charge in [0.1, 0.15) is 11.6 Å². The van der Waals surface area contributed by atoms with Gasteiger partial charge in [-0.25, -0.2) is 8.78 Å². The zero-order valence-corrected chi connectivity index (χ0v) is 12.7. The predicted octanol–water partition coefficient (Wildman–Crippen LogP) is 3.28. The molecule has 106 valence electrons. The second-order valence-corrected chi connectivity index (χ2v) is 6.01. The van der Waals surface area contributed by atoms with Crippen molar-refractivity contribution in [2.75, 3.05) is 20.2 Å². The summed E-state index contributed by atoms with van der Waals surface area (Å²) in [6, 6.07) is 2.70. The van der Waals surface area contributed by atoms with Crippen LogP contribution < -0.4 is 5.32 Å². The summed E-state index contributed by atoms with van der Waals surface area (Å²) in [7, 11) is 1.85. The molecule has 2 atom stereocenters. The molecule has 1 aliphatic rings. The standard InChI is InChI=1S/C14H18BrF2NO/c1-9-14(8-18-2,5-6-19-9)7-10-12(16)4-3-11(15)13(10)17/h3-4,9,18H,5-8H2,1-2H3. The first-order chi connectivity index (χ1) is 9.00. The molecule has 1 heterocycles. The minimum absolute atomic E-state index is 0.0160. The van der Waals surface area contributed by atoms with Gasteiger partial charge >= 0.3 is 0 Å². The molecule has 1 aliphatic heterocycles. The molecule has 19 heavy (non-hydrogen) atoms. The molecule has 1 aromatic rings. The summed E-state index contributed by atoms with van der Waals surface area (Å²) in [5.74, 6) is -0.996. The van der Waals surface area contributed by atoms with Crippen molar-refractivity contribution in [1.29, 1.82) is 0 Å². The Bertz CT molecular complexity index is 469. The van der Waals surface area contributed by atoms with Crippen molar-refractivity contribution in [1.82, 2.24) is 5.32 Å². The topological polar surface area (TPSA) is 21.3 Å². The first-order valence-corrected chi connectivity index (χ1v) is 7.18. The fourth-order valence-electron chi connectivity index (χ4n) is 2.78. The Morgan fingerprint density at radius 2 is 2.21 bits per heavy atom. The third kappa shape index (κ3) is 2.83. The lowest BCUT2D eigenvalue weighted by atomic mass is 9.76. The highest BCUT2D eigenvalue weighted by Crippen LogP contribution is 2.39. The number of hydrogen-bond acceptors (Lipinski definition) is 2. The molecule has 0 saturated carbocycles. The van der Waals surface area contributed by atoms with Crippen LogP contribution in [0.4, 0.5) is 8.78 Å². The summed E-state index contributed by atoms with van der Waals surface area (Å²) in [4.78, 5) is 0. The zero-order valence-electron chi connectivity index (χ0n) is 11.1. The Hall–Kier alpha value is -0.520. The van der Waals surface area contributed by atoms with Gasteiger partial charge in [-0.05, 0) is 54.9 Å². The minimum Gasteiger partial charge on any atom is -0.378 e. The van der Waals surface area contributed by atoms with Crippen LogP contribution >= 0.6 is 15.9 Å². The van der Waals surface area contributed by atoms with Crippen LogP contribution in [0.3, 0.4) is 0 Å². The van der Waals surface area contributed by atoms with Crippen molar-refractivity contribution in [3.63, 3.8) is 0 Å². The lowest BCUT2D eigenvalue weighted by Gasteiger charge is -2.32. The van der Waals surface area contributed by atoms with Crippen molar-refractivity contribution in [3.05, 3.63) is 33.8 Å². The number of nitrogens with one attached hydrogen (secondary N) is 1. The van der Waals surface area contributed by atoms with Crippen molar-refractivity contribution in [3.8, 4) is 0 Å². The van der Waals surface area contributed by atoms with Gasteiger partial charge < -0.3 is 10.1 Å². The molecule has 1 fully saturated rings. The second kappa shape index (κ2) is 5.85. The molecule has 2 rings (SSSR count). The van der Waals surface area contributed by atoms with Gasteiger partial charge in [-0.3, -0.25) is 0 Å². The third-order valence-electron chi connectivity index (χ3n) is 4.03. The molecule has 0 aromatic heterocycles. The van der Waals surface area contributed by atoms with Gasteiger partial charge in [0, 0.05) is 24.1 Å². The highest BCUT2D eigenvalue weighted by Gasteiger charge is 2.42. The van der Waals surface area contributed by atoms with Crippen LogP contribution in [0.1, 0.15) is 18.9 Å². The van der Waals surface area contributed by atoms with E-state index in [0.717, 1.165) is 6.42 Å². The molecule has 5 heteroatoms. The Kier molecular flexibility index (Phi) is 4.58. The van der Waals surface area contributed by atoms with Crippen molar-refractivity contribution in [2.45, 2.75) is 25.9 Å². The number of rotatable bonds is 4. The molecule has 2 nitrogen and oxygen atoms in total. The molecule has 0 bridgehead atoms. The lowest BCUT2D eigenvalue weighted by Crippen LogP contribution is -2.40. The number of ether oxygens (including phenoxy) is 1. The molecule has 1 saturated heterocycles. The first-order valence-electron chi connectivity index (χ1n) is 6.39. The molecule has 1 N–H and O–H groups in total. The van der Waals surface area contributed by atoms with Gasteiger partial charge in [-0.15, -0.1) is 0 Å². The average Bonchev–Trinajstić information content (AvgIpc) is 2.72. The Balaban J connectivity index is 2.35. The maximum atomic E-state index is 14.1. The van der Waals surface area contributed by atoms with E-state index in [1.165, 1.54) is 12.1 Å². The lowest BCUT2D eigenvalue weighted by molar-refractivity contribution is 0.0631. The summed E-state index contributed by atoms with van der Waals surface area (Å²) in [6.45, 7) is 3.29. The van der Waals surface area contributed by atoms with E-state index in [9.17, 15) is 8.78 Å². The van der Waals surface area contributed by atoms with Crippen molar-refractivity contribution in [2.24, 2.45) is 5.41 Å². The molecule has 1 aromatic carbocycles. The van der Waals surface area contributed by atoms with Crippen LogP contribution in [0.5, 0.6) is 0 Å². The highest BCUT2D eigenvalue weighted by molar-refractivity contribution is 9.10. The van der Waals surface area contributed by atoms with Crippen molar-refractivity contribution >= 4 is 15.9 Å². The van der Waals surface area contributed by atoms with E-state index >= 15 is 0 Å². The average molecular weight is 334 g/mol. The normalized spacial score (nSPS) is 26.9. The predicted molar refractivity (Wildman–Crippen MR) is 74.2 cm³/mol. The molecule has 0 aliphatic carbocycles. The molecule has 0 amide bonds. The monoisotopic (exact) mass is 333 g/mol. The van der Waals surface area contributed by atoms with Crippen LogP contribution in [0.15, 0.2) is 16.6 Å². The quantitative estimate of drug-likeness (QED) is 0.854. The van der Waals surface area contributed by atoms with Gasteiger partial charge in [-0.2, -0.15) is 0 Å². The minimum atomic E-state index is -0.505. The summed E-state index contributed by atoms with van der Waals surface area (Å²) in [6.07, 6.45) is 1.13. The first kappa shape index (κ1) is 14.9. The fourth-order valence-corrected chi connectivity index (χ4v) is 3.15. The van der Waals surface area contributed by atoms with Gasteiger partial charge in [0.05, 0.1) is 10.6 Å². The largest absolute Gasteiger partial charge is 0.378 e. The zero-order chi connectivity index (χ0) is 14.0. The van der Waals surface area contributed by atoms with E-state index in [0.29, 0.717) is 24.0 Å². The van der Waals surface area contributed by atoms with Crippen LogP contribution in [0, 0.1) is 17.0 Å². The number of halogens is 3.